The Kier molecular flexibility index (Phi) is 5.14. The molecule has 142 valence electrons. The van der Waals surface area contributed by atoms with Crippen LogP contribution >= 0.6 is 0 Å². The molecule has 0 aliphatic rings. The largest absolute Gasteiger partial charge is 0.465 e. The monoisotopic (exact) mass is 374 g/mol. The molecule has 4 aromatic heterocycles. The van der Waals surface area contributed by atoms with Crippen molar-refractivity contribution in [1.29, 1.82) is 0 Å². The number of pyridine rings is 1. The lowest BCUT2D eigenvalue weighted by Gasteiger charge is -2.09. The second kappa shape index (κ2) is 8.04. The summed E-state index contributed by atoms with van der Waals surface area (Å²) in [5.74, 6) is 2.14. The zero-order chi connectivity index (χ0) is 19.3. The number of rotatable bonds is 7. The van der Waals surface area contributed by atoms with Crippen LogP contribution < -0.4 is 5.32 Å². The van der Waals surface area contributed by atoms with Crippen molar-refractivity contribution in [1.82, 2.24) is 24.7 Å². The van der Waals surface area contributed by atoms with E-state index in [0.717, 1.165) is 46.7 Å². The van der Waals surface area contributed by atoms with Gasteiger partial charge in [0.05, 0.1) is 12.0 Å². The average Bonchev–Trinajstić information content (AvgIpc) is 3.34. The van der Waals surface area contributed by atoms with Crippen molar-refractivity contribution in [2.75, 3.05) is 5.32 Å². The minimum absolute atomic E-state index is 0.617. The molecule has 0 spiro atoms. The fraction of sp³-hybridized carbons (Fsp3) is 0.238. The lowest BCUT2D eigenvalue weighted by Crippen LogP contribution is -2.06. The van der Waals surface area contributed by atoms with Gasteiger partial charge in [-0.1, -0.05) is 13.3 Å². The minimum Gasteiger partial charge on any atom is -0.465 e. The van der Waals surface area contributed by atoms with Gasteiger partial charge in [-0.05, 0) is 48.4 Å². The molecule has 0 atom stereocenters. The molecule has 28 heavy (non-hydrogen) atoms. The van der Waals surface area contributed by atoms with Crippen LogP contribution in [0.5, 0.6) is 0 Å². The summed E-state index contributed by atoms with van der Waals surface area (Å²) in [5.41, 5.74) is 3.91. The molecule has 4 aromatic rings. The second-order valence-electron chi connectivity index (χ2n) is 6.51. The standard InChI is InChI=1S/C21H22N6O/c1-3-5-17-19-20(27(2)26-17)21(23-14-15-9-11-22-12-10-15)25-18(24-19)8-7-16-6-4-13-28-16/h4,6-13H,3,5,14H2,1-2H3,(H,23,24,25)/b8-7+. The summed E-state index contributed by atoms with van der Waals surface area (Å²) in [4.78, 5) is 13.5. The van der Waals surface area contributed by atoms with E-state index in [2.05, 4.69) is 22.3 Å². The lowest BCUT2D eigenvalue weighted by atomic mass is 10.2. The predicted molar refractivity (Wildman–Crippen MR) is 109 cm³/mol. The first-order valence-corrected chi connectivity index (χ1v) is 9.32. The van der Waals surface area contributed by atoms with Gasteiger partial charge in [-0.2, -0.15) is 5.10 Å². The summed E-state index contributed by atoms with van der Waals surface area (Å²) in [5, 5.41) is 8.10. The Morgan fingerprint density at radius 2 is 2.00 bits per heavy atom. The fourth-order valence-electron chi connectivity index (χ4n) is 3.09. The Morgan fingerprint density at radius 1 is 1.14 bits per heavy atom. The third-order valence-corrected chi connectivity index (χ3v) is 4.40. The van der Waals surface area contributed by atoms with Gasteiger partial charge in [0.2, 0.25) is 0 Å². The van der Waals surface area contributed by atoms with Crippen molar-refractivity contribution in [3.63, 3.8) is 0 Å². The van der Waals surface area contributed by atoms with Crippen LogP contribution in [0, 0.1) is 0 Å². The SMILES string of the molecule is CCCc1nn(C)c2c(NCc3ccncc3)nc(/C=C/c3ccco3)nc12. The van der Waals surface area contributed by atoms with Gasteiger partial charge in [0.1, 0.15) is 16.8 Å². The molecule has 0 radical (unpaired) electrons. The quantitative estimate of drug-likeness (QED) is 0.525. The van der Waals surface area contributed by atoms with Gasteiger partial charge in [-0.3, -0.25) is 9.67 Å². The first kappa shape index (κ1) is 17.9. The summed E-state index contributed by atoms with van der Waals surface area (Å²) in [6.07, 6.45) is 10.8. The Morgan fingerprint density at radius 3 is 2.75 bits per heavy atom. The maximum Gasteiger partial charge on any atom is 0.156 e. The van der Waals surface area contributed by atoms with E-state index in [1.807, 2.05) is 48.1 Å². The van der Waals surface area contributed by atoms with Crippen molar-refractivity contribution in [2.45, 2.75) is 26.3 Å². The van der Waals surface area contributed by atoms with E-state index in [-0.39, 0.29) is 0 Å². The first-order valence-electron chi connectivity index (χ1n) is 9.32. The molecule has 0 aromatic carbocycles. The molecule has 7 nitrogen and oxygen atoms in total. The number of anilines is 1. The predicted octanol–water partition coefficient (Wildman–Crippen LogP) is 4.09. The number of nitrogens with one attached hydrogen (secondary N) is 1. The molecule has 7 heteroatoms. The Bertz CT molecular complexity index is 1080. The Hall–Kier alpha value is -3.48. The maximum atomic E-state index is 5.36. The molecule has 0 saturated heterocycles. The molecule has 4 rings (SSSR count). The number of fused-ring (bicyclic) bond motifs is 1. The van der Waals surface area contributed by atoms with Crippen LogP contribution in [0.25, 0.3) is 23.2 Å². The molecule has 1 N–H and O–H groups in total. The normalized spacial score (nSPS) is 11.5. The van der Waals surface area contributed by atoms with E-state index >= 15 is 0 Å². The number of aryl methyl sites for hydroxylation is 2. The molecule has 4 heterocycles. The first-order chi connectivity index (χ1) is 13.7. The van der Waals surface area contributed by atoms with E-state index in [1.54, 1.807) is 18.7 Å². The van der Waals surface area contributed by atoms with Crippen LogP contribution in [0.4, 0.5) is 5.82 Å². The second-order valence-corrected chi connectivity index (χ2v) is 6.51. The lowest BCUT2D eigenvalue weighted by molar-refractivity contribution is 0.557. The number of hydrogen-bond donors (Lipinski definition) is 1. The third-order valence-electron chi connectivity index (χ3n) is 4.40. The van der Waals surface area contributed by atoms with E-state index < -0.39 is 0 Å². The molecule has 0 fully saturated rings. The average molecular weight is 374 g/mol. The number of aromatic nitrogens is 5. The van der Waals surface area contributed by atoms with E-state index in [4.69, 9.17) is 14.4 Å². The van der Waals surface area contributed by atoms with Crippen LogP contribution in [0.1, 0.15) is 36.2 Å². The number of hydrogen-bond acceptors (Lipinski definition) is 6. The van der Waals surface area contributed by atoms with Crippen LogP contribution in [0.15, 0.2) is 47.3 Å². The topological polar surface area (TPSA) is 81.7 Å². The number of furan rings is 1. The summed E-state index contributed by atoms with van der Waals surface area (Å²) >= 11 is 0. The van der Waals surface area contributed by atoms with Crippen molar-refractivity contribution < 1.29 is 4.42 Å². The van der Waals surface area contributed by atoms with Crippen LogP contribution in [-0.2, 0) is 20.0 Å². The van der Waals surface area contributed by atoms with Gasteiger partial charge >= 0.3 is 0 Å². The van der Waals surface area contributed by atoms with Gasteiger partial charge in [-0.15, -0.1) is 0 Å². The van der Waals surface area contributed by atoms with Gasteiger partial charge in [-0.25, -0.2) is 9.97 Å². The number of nitrogens with zero attached hydrogens (tertiary/aromatic N) is 5. The molecule has 0 aliphatic heterocycles. The molecular formula is C21H22N6O. The van der Waals surface area contributed by atoms with Gasteiger partial charge in [0, 0.05) is 26.0 Å². The van der Waals surface area contributed by atoms with Crippen molar-refractivity contribution in [3.8, 4) is 0 Å². The maximum absolute atomic E-state index is 5.36. The molecule has 0 aliphatic carbocycles. The van der Waals surface area contributed by atoms with Gasteiger partial charge < -0.3 is 9.73 Å². The van der Waals surface area contributed by atoms with Gasteiger partial charge in [0.25, 0.3) is 0 Å². The van der Waals surface area contributed by atoms with Crippen LogP contribution in [-0.4, -0.2) is 24.7 Å². The summed E-state index contributed by atoms with van der Waals surface area (Å²) in [6.45, 7) is 2.78. The zero-order valence-electron chi connectivity index (χ0n) is 16.0. The van der Waals surface area contributed by atoms with Crippen molar-refractivity contribution >= 4 is 29.0 Å². The highest BCUT2D eigenvalue weighted by Crippen LogP contribution is 2.25. The molecule has 0 bridgehead atoms. The molecule has 0 amide bonds. The van der Waals surface area contributed by atoms with E-state index in [1.165, 1.54) is 0 Å². The van der Waals surface area contributed by atoms with Gasteiger partial charge in [0.15, 0.2) is 11.6 Å². The van der Waals surface area contributed by atoms with Crippen LogP contribution in [0.2, 0.25) is 0 Å². The smallest absolute Gasteiger partial charge is 0.156 e. The highest BCUT2D eigenvalue weighted by Gasteiger charge is 2.16. The summed E-state index contributed by atoms with van der Waals surface area (Å²) in [6, 6.07) is 7.71. The molecule has 0 saturated carbocycles. The highest BCUT2D eigenvalue weighted by atomic mass is 16.3. The summed E-state index contributed by atoms with van der Waals surface area (Å²) < 4.78 is 7.22. The third kappa shape index (κ3) is 3.78. The van der Waals surface area contributed by atoms with Crippen LogP contribution in [0.3, 0.4) is 0 Å². The van der Waals surface area contributed by atoms with Crippen molar-refractivity contribution in [2.24, 2.45) is 7.05 Å². The zero-order valence-corrected chi connectivity index (χ0v) is 16.0. The Balaban J connectivity index is 1.74. The summed E-state index contributed by atoms with van der Waals surface area (Å²) in [7, 11) is 1.93. The fourth-order valence-corrected chi connectivity index (χ4v) is 3.09. The highest BCUT2D eigenvalue weighted by molar-refractivity contribution is 5.88. The molecular weight excluding hydrogens is 352 g/mol. The van der Waals surface area contributed by atoms with E-state index in [0.29, 0.717) is 12.4 Å². The minimum atomic E-state index is 0.617. The Labute approximate surface area is 163 Å². The molecule has 0 unspecified atom stereocenters. The van der Waals surface area contributed by atoms with Crippen molar-refractivity contribution in [3.05, 3.63) is 65.8 Å². The van der Waals surface area contributed by atoms with E-state index in [9.17, 15) is 0 Å².